The summed E-state index contributed by atoms with van der Waals surface area (Å²) in [6.45, 7) is 4.96. The van der Waals surface area contributed by atoms with E-state index in [4.69, 9.17) is 9.26 Å². The van der Waals surface area contributed by atoms with Gasteiger partial charge >= 0.3 is 0 Å². The van der Waals surface area contributed by atoms with Gasteiger partial charge in [0.25, 0.3) is 0 Å². The molecule has 0 aliphatic heterocycles. The molecule has 2 rings (SSSR count). The fraction of sp³-hybridized carbons (Fsp3) is 0.429. The molecule has 0 spiro atoms. The van der Waals surface area contributed by atoms with E-state index in [1.807, 2.05) is 6.07 Å². The molecule has 0 radical (unpaired) electrons. The SMILES string of the molecule is COc1cc(C)ccc1C(C)NCCc1ncon1. The maximum absolute atomic E-state index is 5.42. The lowest BCUT2D eigenvalue weighted by Crippen LogP contribution is -2.22. The van der Waals surface area contributed by atoms with Gasteiger partial charge in [0.05, 0.1) is 7.11 Å². The van der Waals surface area contributed by atoms with Crippen LogP contribution in [0.5, 0.6) is 5.75 Å². The molecule has 0 saturated carbocycles. The molecule has 1 aromatic heterocycles. The number of nitrogens with zero attached hydrogens (tertiary/aromatic N) is 2. The second kappa shape index (κ2) is 6.33. The van der Waals surface area contributed by atoms with Crippen molar-refractivity contribution in [3.8, 4) is 5.75 Å². The Morgan fingerprint density at radius 3 is 2.95 bits per heavy atom. The fourth-order valence-electron chi connectivity index (χ4n) is 1.99. The lowest BCUT2D eigenvalue weighted by Gasteiger charge is -2.17. The van der Waals surface area contributed by atoms with Crippen LogP contribution >= 0.6 is 0 Å². The van der Waals surface area contributed by atoms with Gasteiger partial charge in [-0.1, -0.05) is 17.3 Å². The van der Waals surface area contributed by atoms with Crippen molar-refractivity contribution in [1.82, 2.24) is 15.5 Å². The first-order chi connectivity index (χ1) is 9.20. The van der Waals surface area contributed by atoms with Gasteiger partial charge in [0, 0.05) is 24.6 Å². The zero-order chi connectivity index (χ0) is 13.7. The summed E-state index contributed by atoms with van der Waals surface area (Å²) >= 11 is 0. The number of ether oxygens (including phenoxy) is 1. The van der Waals surface area contributed by atoms with Crippen LogP contribution in [0.25, 0.3) is 0 Å². The predicted octanol–water partition coefficient (Wildman–Crippen LogP) is 2.28. The van der Waals surface area contributed by atoms with Crippen molar-refractivity contribution in [1.29, 1.82) is 0 Å². The van der Waals surface area contributed by atoms with Crippen LogP contribution in [0.2, 0.25) is 0 Å². The molecule has 1 aromatic carbocycles. The minimum Gasteiger partial charge on any atom is -0.496 e. The molecule has 19 heavy (non-hydrogen) atoms. The highest BCUT2D eigenvalue weighted by Gasteiger charge is 2.11. The van der Waals surface area contributed by atoms with Crippen molar-refractivity contribution in [3.63, 3.8) is 0 Å². The second-order valence-corrected chi connectivity index (χ2v) is 4.52. The van der Waals surface area contributed by atoms with E-state index in [1.165, 1.54) is 12.0 Å². The summed E-state index contributed by atoms with van der Waals surface area (Å²) in [5, 5.41) is 7.21. The summed E-state index contributed by atoms with van der Waals surface area (Å²) in [5.41, 5.74) is 2.35. The van der Waals surface area contributed by atoms with E-state index >= 15 is 0 Å². The Kier molecular flexibility index (Phi) is 4.52. The molecule has 0 saturated heterocycles. The van der Waals surface area contributed by atoms with E-state index in [9.17, 15) is 0 Å². The van der Waals surface area contributed by atoms with Gasteiger partial charge in [0.15, 0.2) is 5.82 Å². The molecule has 2 aromatic rings. The summed E-state index contributed by atoms with van der Waals surface area (Å²) < 4.78 is 10.1. The second-order valence-electron chi connectivity index (χ2n) is 4.52. The highest BCUT2D eigenvalue weighted by molar-refractivity contribution is 5.39. The molecule has 0 amide bonds. The first-order valence-corrected chi connectivity index (χ1v) is 6.34. The van der Waals surface area contributed by atoms with Crippen molar-refractivity contribution >= 4 is 0 Å². The largest absolute Gasteiger partial charge is 0.496 e. The van der Waals surface area contributed by atoms with Crippen molar-refractivity contribution in [2.24, 2.45) is 0 Å². The molecular weight excluding hydrogens is 242 g/mol. The summed E-state index contributed by atoms with van der Waals surface area (Å²) in [7, 11) is 1.70. The molecule has 5 heteroatoms. The maximum atomic E-state index is 5.42. The Bertz CT molecular complexity index is 511. The fourth-order valence-corrected chi connectivity index (χ4v) is 1.99. The lowest BCUT2D eigenvalue weighted by molar-refractivity contribution is 0.399. The van der Waals surface area contributed by atoms with E-state index in [0.29, 0.717) is 0 Å². The number of benzene rings is 1. The smallest absolute Gasteiger partial charge is 0.213 e. The number of hydrogen-bond donors (Lipinski definition) is 1. The van der Waals surface area contributed by atoms with E-state index in [1.54, 1.807) is 7.11 Å². The van der Waals surface area contributed by atoms with Gasteiger partial charge in [-0.05, 0) is 25.5 Å². The number of nitrogens with one attached hydrogen (secondary N) is 1. The van der Waals surface area contributed by atoms with Crippen molar-refractivity contribution in [2.75, 3.05) is 13.7 Å². The number of hydrogen-bond acceptors (Lipinski definition) is 5. The lowest BCUT2D eigenvalue weighted by atomic mass is 10.0. The van der Waals surface area contributed by atoms with E-state index in [-0.39, 0.29) is 6.04 Å². The van der Waals surface area contributed by atoms with Gasteiger partial charge in [-0.25, -0.2) is 0 Å². The number of aromatic nitrogens is 2. The van der Waals surface area contributed by atoms with Crippen LogP contribution in [0.1, 0.15) is 29.9 Å². The van der Waals surface area contributed by atoms with Crippen molar-refractivity contribution in [3.05, 3.63) is 41.5 Å². The van der Waals surface area contributed by atoms with Crippen LogP contribution < -0.4 is 10.1 Å². The molecule has 1 heterocycles. The van der Waals surface area contributed by atoms with Crippen LogP contribution in [0, 0.1) is 6.92 Å². The third kappa shape index (κ3) is 3.54. The quantitative estimate of drug-likeness (QED) is 0.864. The first-order valence-electron chi connectivity index (χ1n) is 6.34. The number of methoxy groups -OCH3 is 1. The molecule has 1 N–H and O–H groups in total. The van der Waals surface area contributed by atoms with Crippen LogP contribution in [0.15, 0.2) is 29.1 Å². The Labute approximate surface area is 113 Å². The van der Waals surface area contributed by atoms with Gasteiger partial charge in [-0.3, -0.25) is 0 Å². The normalized spacial score (nSPS) is 12.4. The minimum atomic E-state index is 0.211. The van der Waals surface area contributed by atoms with E-state index < -0.39 is 0 Å². The highest BCUT2D eigenvalue weighted by atomic mass is 16.5. The highest BCUT2D eigenvalue weighted by Crippen LogP contribution is 2.25. The Morgan fingerprint density at radius 2 is 2.26 bits per heavy atom. The van der Waals surface area contributed by atoms with Crippen molar-refractivity contribution in [2.45, 2.75) is 26.3 Å². The molecule has 0 bridgehead atoms. The average molecular weight is 261 g/mol. The maximum Gasteiger partial charge on any atom is 0.213 e. The average Bonchev–Trinajstić information content (AvgIpc) is 2.91. The van der Waals surface area contributed by atoms with Crippen LogP contribution in [-0.4, -0.2) is 23.8 Å². The Balaban J connectivity index is 1.94. The summed E-state index contributed by atoms with van der Waals surface area (Å²) in [4.78, 5) is 3.99. The number of rotatable bonds is 6. The molecule has 0 aliphatic rings. The molecule has 1 unspecified atom stereocenters. The van der Waals surface area contributed by atoms with Crippen LogP contribution in [0.4, 0.5) is 0 Å². The van der Waals surface area contributed by atoms with Gasteiger partial charge in [-0.2, -0.15) is 4.98 Å². The van der Waals surface area contributed by atoms with E-state index in [0.717, 1.165) is 30.1 Å². The Morgan fingerprint density at radius 1 is 1.42 bits per heavy atom. The minimum absolute atomic E-state index is 0.211. The standard InChI is InChI=1S/C14H19N3O2/c1-10-4-5-12(13(8-10)18-3)11(2)15-7-6-14-16-9-19-17-14/h4-5,8-9,11,15H,6-7H2,1-3H3. The van der Waals surface area contributed by atoms with Gasteiger partial charge in [0.2, 0.25) is 6.39 Å². The Hall–Kier alpha value is -1.88. The molecular formula is C14H19N3O2. The first kappa shape index (κ1) is 13.5. The molecule has 102 valence electrons. The zero-order valence-corrected chi connectivity index (χ0v) is 11.5. The third-order valence-electron chi connectivity index (χ3n) is 3.06. The van der Waals surface area contributed by atoms with Gasteiger partial charge in [0.1, 0.15) is 5.75 Å². The van der Waals surface area contributed by atoms with Crippen molar-refractivity contribution < 1.29 is 9.26 Å². The monoisotopic (exact) mass is 261 g/mol. The topological polar surface area (TPSA) is 60.2 Å². The summed E-state index contributed by atoms with van der Waals surface area (Å²) in [6.07, 6.45) is 2.09. The van der Waals surface area contributed by atoms with Gasteiger partial charge < -0.3 is 14.6 Å². The zero-order valence-electron chi connectivity index (χ0n) is 11.5. The molecule has 5 nitrogen and oxygen atoms in total. The number of aryl methyl sites for hydroxylation is 1. The van der Waals surface area contributed by atoms with Crippen LogP contribution in [0.3, 0.4) is 0 Å². The van der Waals surface area contributed by atoms with Crippen LogP contribution in [-0.2, 0) is 6.42 Å². The molecule has 0 fully saturated rings. The third-order valence-corrected chi connectivity index (χ3v) is 3.06. The molecule has 0 aliphatic carbocycles. The molecule has 1 atom stereocenters. The van der Waals surface area contributed by atoms with Gasteiger partial charge in [-0.15, -0.1) is 0 Å². The summed E-state index contributed by atoms with van der Waals surface area (Å²) in [6, 6.07) is 6.45. The summed E-state index contributed by atoms with van der Waals surface area (Å²) in [5.74, 6) is 1.63. The van der Waals surface area contributed by atoms with E-state index in [2.05, 4.69) is 41.4 Å². The predicted molar refractivity (Wildman–Crippen MR) is 72.2 cm³/mol.